The predicted octanol–water partition coefficient (Wildman–Crippen LogP) is 3.17. The summed E-state index contributed by atoms with van der Waals surface area (Å²) in [4.78, 5) is 25.6. The van der Waals surface area contributed by atoms with Gasteiger partial charge in [0.25, 0.3) is 0 Å². The van der Waals surface area contributed by atoms with Crippen LogP contribution in [-0.2, 0) is 19.1 Å². The number of hydrogen-bond acceptors (Lipinski definition) is 7. The van der Waals surface area contributed by atoms with Crippen molar-refractivity contribution in [3.63, 3.8) is 0 Å². The van der Waals surface area contributed by atoms with Crippen LogP contribution in [0.4, 0.5) is 0 Å². The molecule has 7 nitrogen and oxygen atoms in total. The molecule has 3 aliphatic rings. The lowest BCUT2D eigenvalue weighted by atomic mass is 9.70. The SMILES string of the molecule is COC(=O)C1=C(N)OC2=C(C(=O)CC(C)(C)C2)[C@@H]1c1cc2c(cc1Cl)OCO2. The highest BCUT2D eigenvalue weighted by molar-refractivity contribution is 6.32. The lowest BCUT2D eigenvalue weighted by Crippen LogP contribution is -2.35. The van der Waals surface area contributed by atoms with Crippen molar-refractivity contribution in [2.75, 3.05) is 13.9 Å². The zero-order valence-corrected chi connectivity index (χ0v) is 16.5. The van der Waals surface area contributed by atoms with Crippen molar-refractivity contribution in [3.8, 4) is 11.5 Å². The normalized spacial score (nSPS) is 22.7. The molecule has 0 aromatic heterocycles. The Morgan fingerprint density at radius 1 is 1.25 bits per heavy atom. The maximum atomic E-state index is 13.1. The molecule has 0 saturated carbocycles. The van der Waals surface area contributed by atoms with E-state index in [0.29, 0.717) is 46.3 Å². The van der Waals surface area contributed by atoms with Gasteiger partial charge in [0.15, 0.2) is 17.3 Å². The van der Waals surface area contributed by atoms with Crippen molar-refractivity contribution in [1.82, 2.24) is 0 Å². The van der Waals surface area contributed by atoms with Crippen LogP contribution in [0.15, 0.2) is 34.9 Å². The topological polar surface area (TPSA) is 97.1 Å². The number of rotatable bonds is 2. The molecule has 1 aromatic carbocycles. The van der Waals surface area contributed by atoms with Gasteiger partial charge in [-0.25, -0.2) is 4.79 Å². The standard InChI is InChI=1S/C20H20ClNO6/c1-20(2)6-11(23)16-14(7-20)28-18(22)17(19(24)25-3)15(16)9-4-12-13(5-10(9)21)27-8-26-12/h4-5,15H,6-8,22H2,1-3H3/t15-/m0/s1. The van der Waals surface area contributed by atoms with Crippen LogP contribution >= 0.6 is 11.6 Å². The number of esters is 1. The van der Waals surface area contributed by atoms with Crippen LogP contribution in [-0.4, -0.2) is 25.7 Å². The van der Waals surface area contributed by atoms with E-state index in [9.17, 15) is 9.59 Å². The predicted molar refractivity (Wildman–Crippen MR) is 99.7 cm³/mol. The number of methoxy groups -OCH3 is 1. The summed E-state index contributed by atoms with van der Waals surface area (Å²) >= 11 is 6.51. The maximum absolute atomic E-state index is 13.1. The maximum Gasteiger partial charge on any atom is 0.340 e. The lowest BCUT2D eigenvalue weighted by Gasteiger charge is -2.38. The second-order valence-electron chi connectivity index (χ2n) is 7.81. The van der Waals surface area contributed by atoms with Gasteiger partial charge >= 0.3 is 5.97 Å². The van der Waals surface area contributed by atoms with Crippen LogP contribution in [0.1, 0.15) is 38.2 Å². The van der Waals surface area contributed by atoms with E-state index in [-0.39, 0.29) is 29.4 Å². The minimum atomic E-state index is -0.804. The van der Waals surface area contributed by atoms with Gasteiger partial charge in [0.1, 0.15) is 11.3 Å². The highest BCUT2D eigenvalue weighted by Gasteiger charge is 2.45. The van der Waals surface area contributed by atoms with E-state index in [1.165, 1.54) is 7.11 Å². The Bertz CT molecular complexity index is 962. The third-order valence-corrected chi connectivity index (χ3v) is 5.49. The van der Waals surface area contributed by atoms with Gasteiger partial charge in [-0.05, 0) is 17.0 Å². The third-order valence-electron chi connectivity index (χ3n) is 5.16. The monoisotopic (exact) mass is 405 g/mol. The second-order valence-corrected chi connectivity index (χ2v) is 8.22. The van der Waals surface area contributed by atoms with E-state index in [4.69, 9.17) is 36.3 Å². The van der Waals surface area contributed by atoms with Crippen LogP contribution in [0.2, 0.25) is 5.02 Å². The summed E-state index contributed by atoms with van der Waals surface area (Å²) < 4.78 is 21.5. The van der Waals surface area contributed by atoms with Crippen LogP contribution in [0, 0.1) is 5.41 Å². The molecule has 0 spiro atoms. The Labute approximate surface area is 167 Å². The average molecular weight is 406 g/mol. The Hall–Kier alpha value is -2.67. The fourth-order valence-electron chi connectivity index (χ4n) is 3.96. The van der Waals surface area contributed by atoms with Gasteiger partial charge in [-0.15, -0.1) is 0 Å². The highest BCUT2D eigenvalue weighted by atomic mass is 35.5. The molecule has 2 N–H and O–H groups in total. The number of fused-ring (bicyclic) bond motifs is 1. The number of hydrogen-bond donors (Lipinski definition) is 1. The van der Waals surface area contributed by atoms with Crippen LogP contribution in [0.3, 0.4) is 0 Å². The number of nitrogens with two attached hydrogens (primary N) is 1. The Balaban J connectivity index is 1.94. The summed E-state index contributed by atoms with van der Waals surface area (Å²) in [5.41, 5.74) is 6.77. The second kappa shape index (κ2) is 6.44. The molecule has 8 heteroatoms. The molecule has 1 aromatic rings. The molecule has 0 saturated heterocycles. The molecule has 0 bridgehead atoms. The van der Waals surface area contributed by atoms with Gasteiger partial charge in [-0.2, -0.15) is 0 Å². The van der Waals surface area contributed by atoms with Gasteiger partial charge in [-0.1, -0.05) is 25.4 Å². The largest absolute Gasteiger partial charge is 0.465 e. The minimum Gasteiger partial charge on any atom is -0.465 e. The molecule has 2 aliphatic heterocycles. The highest BCUT2D eigenvalue weighted by Crippen LogP contribution is 2.51. The first kappa shape index (κ1) is 18.7. The molecule has 1 atom stereocenters. The number of ether oxygens (including phenoxy) is 4. The molecule has 28 heavy (non-hydrogen) atoms. The molecule has 1 aliphatic carbocycles. The Kier molecular flexibility index (Phi) is 4.30. The molecule has 4 rings (SSSR count). The molecule has 2 heterocycles. The summed E-state index contributed by atoms with van der Waals surface area (Å²) in [5, 5.41) is 0.329. The summed E-state index contributed by atoms with van der Waals surface area (Å²) in [6.07, 6.45) is 0.837. The zero-order valence-electron chi connectivity index (χ0n) is 15.8. The van der Waals surface area contributed by atoms with Crippen LogP contribution in [0.5, 0.6) is 11.5 Å². The van der Waals surface area contributed by atoms with Crippen molar-refractivity contribution in [1.29, 1.82) is 0 Å². The minimum absolute atomic E-state index is 0.0510. The van der Waals surface area contributed by atoms with Crippen LogP contribution < -0.4 is 15.2 Å². The first-order chi connectivity index (χ1) is 13.2. The van der Waals surface area contributed by atoms with E-state index in [2.05, 4.69) is 0 Å². The average Bonchev–Trinajstić information content (AvgIpc) is 3.05. The first-order valence-corrected chi connectivity index (χ1v) is 9.21. The molecule has 0 amide bonds. The van der Waals surface area contributed by atoms with E-state index in [0.717, 1.165) is 0 Å². The van der Waals surface area contributed by atoms with Gasteiger partial charge in [0.05, 0.1) is 13.0 Å². The van der Waals surface area contributed by atoms with E-state index in [1.807, 2.05) is 13.8 Å². The van der Waals surface area contributed by atoms with Gasteiger partial charge in [0, 0.05) is 29.5 Å². The van der Waals surface area contributed by atoms with Gasteiger partial charge in [-0.3, -0.25) is 4.79 Å². The fourth-order valence-corrected chi connectivity index (χ4v) is 4.22. The summed E-state index contributed by atoms with van der Waals surface area (Å²) in [6, 6.07) is 3.28. The number of halogens is 1. The smallest absolute Gasteiger partial charge is 0.340 e. The first-order valence-electron chi connectivity index (χ1n) is 8.83. The quantitative estimate of drug-likeness (QED) is 0.754. The lowest BCUT2D eigenvalue weighted by molar-refractivity contribution is -0.136. The van der Waals surface area contributed by atoms with Crippen molar-refractivity contribution in [3.05, 3.63) is 45.5 Å². The zero-order chi connectivity index (χ0) is 20.2. The van der Waals surface area contributed by atoms with E-state index in [1.54, 1.807) is 12.1 Å². The van der Waals surface area contributed by atoms with Gasteiger partial charge in [0.2, 0.25) is 12.7 Å². The molecule has 148 valence electrons. The van der Waals surface area contributed by atoms with Gasteiger partial charge < -0.3 is 24.7 Å². The summed E-state index contributed by atoms with van der Waals surface area (Å²) in [7, 11) is 1.25. The summed E-state index contributed by atoms with van der Waals surface area (Å²) in [5.74, 6) is -0.233. The van der Waals surface area contributed by atoms with Crippen molar-refractivity contribution < 1.29 is 28.5 Å². The van der Waals surface area contributed by atoms with Crippen molar-refractivity contribution in [2.24, 2.45) is 11.1 Å². The Morgan fingerprint density at radius 2 is 1.93 bits per heavy atom. The number of allylic oxidation sites excluding steroid dienone is 2. The molecular weight excluding hydrogens is 386 g/mol. The molecule has 0 fully saturated rings. The fraction of sp³-hybridized carbons (Fsp3) is 0.400. The number of benzene rings is 1. The van der Waals surface area contributed by atoms with Crippen LogP contribution in [0.25, 0.3) is 0 Å². The molecule has 0 radical (unpaired) electrons. The summed E-state index contributed by atoms with van der Waals surface area (Å²) in [6.45, 7) is 4.04. The third kappa shape index (κ3) is 2.90. The van der Waals surface area contributed by atoms with Crippen molar-refractivity contribution >= 4 is 23.4 Å². The van der Waals surface area contributed by atoms with Crippen molar-refractivity contribution in [2.45, 2.75) is 32.6 Å². The number of carbonyl (C=O) groups excluding carboxylic acids is 2. The number of ketones is 1. The number of Topliss-reactive ketones (excluding diaryl/α,β-unsaturated/α-hetero) is 1. The van der Waals surface area contributed by atoms with E-state index < -0.39 is 11.9 Å². The Morgan fingerprint density at radius 3 is 2.61 bits per heavy atom. The number of carbonyl (C=O) groups is 2. The van der Waals surface area contributed by atoms with E-state index >= 15 is 0 Å². The molecular formula is C20H20ClNO6. The molecule has 0 unspecified atom stereocenters.